The van der Waals surface area contributed by atoms with Gasteiger partial charge in [0.15, 0.2) is 0 Å². The lowest BCUT2D eigenvalue weighted by atomic mass is 10.2. The zero-order chi connectivity index (χ0) is 14.9. The summed E-state index contributed by atoms with van der Waals surface area (Å²) in [6, 6.07) is 4.04. The number of rotatable bonds is 4. The van der Waals surface area contributed by atoms with E-state index in [1.54, 1.807) is 18.8 Å². The third kappa shape index (κ3) is 3.03. The van der Waals surface area contributed by atoms with Crippen LogP contribution < -0.4 is 0 Å². The molecule has 0 aliphatic carbocycles. The molecule has 1 heterocycles. The van der Waals surface area contributed by atoms with E-state index in [0.29, 0.717) is 4.47 Å². The van der Waals surface area contributed by atoms with Gasteiger partial charge in [0, 0.05) is 23.3 Å². The number of carboxylic acid groups (broad SMARTS) is 1. The van der Waals surface area contributed by atoms with Crippen LogP contribution in [0, 0.1) is 0 Å². The van der Waals surface area contributed by atoms with Crippen molar-refractivity contribution in [2.24, 2.45) is 0 Å². The molecule has 0 amide bonds. The van der Waals surface area contributed by atoms with Gasteiger partial charge in [-0.1, -0.05) is 0 Å². The van der Waals surface area contributed by atoms with E-state index in [2.05, 4.69) is 15.9 Å². The van der Waals surface area contributed by atoms with Crippen molar-refractivity contribution in [2.75, 3.05) is 18.6 Å². The number of hydrogen-bond acceptors (Lipinski definition) is 4. The Morgan fingerprint density at radius 1 is 1.50 bits per heavy atom. The van der Waals surface area contributed by atoms with Crippen molar-refractivity contribution in [2.45, 2.75) is 17.4 Å². The molecular weight excluding hydrogens is 366 g/mol. The molecule has 1 aromatic rings. The van der Waals surface area contributed by atoms with E-state index in [1.165, 1.54) is 22.5 Å². The Hall–Kier alpha value is -0.570. The molecule has 1 atom stereocenters. The van der Waals surface area contributed by atoms with Crippen LogP contribution in [0.4, 0.5) is 0 Å². The fourth-order valence-corrected chi connectivity index (χ4v) is 5.19. The second-order valence-corrected chi connectivity index (χ2v) is 8.49. The Balaban J connectivity index is 2.38. The summed E-state index contributed by atoms with van der Waals surface area (Å²) in [5.74, 6) is 0.566. The molecule has 1 saturated heterocycles. The van der Waals surface area contributed by atoms with Gasteiger partial charge < -0.3 is 5.11 Å². The third-order valence-electron chi connectivity index (χ3n) is 3.27. The minimum atomic E-state index is -3.66. The van der Waals surface area contributed by atoms with Crippen LogP contribution in [0.3, 0.4) is 0 Å². The van der Waals surface area contributed by atoms with Crippen LogP contribution in [0.5, 0.6) is 0 Å². The molecular formula is C12H14BrNO4S2. The van der Waals surface area contributed by atoms with Crippen LogP contribution in [0.1, 0.15) is 16.8 Å². The maximum atomic E-state index is 12.5. The Kier molecular flexibility index (Phi) is 4.78. The Morgan fingerprint density at radius 3 is 2.75 bits per heavy atom. The van der Waals surface area contributed by atoms with Gasteiger partial charge in [-0.25, -0.2) is 13.2 Å². The van der Waals surface area contributed by atoms with Crippen molar-refractivity contribution in [3.05, 3.63) is 28.2 Å². The first-order chi connectivity index (χ1) is 9.34. The number of nitrogens with zero attached hydrogens (tertiary/aromatic N) is 1. The van der Waals surface area contributed by atoms with E-state index in [1.807, 2.05) is 0 Å². The normalized spacial score (nSPS) is 19.4. The smallest absolute Gasteiger partial charge is 0.336 e. The zero-order valence-corrected chi connectivity index (χ0v) is 14.0. The van der Waals surface area contributed by atoms with E-state index in [-0.39, 0.29) is 16.5 Å². The summed E-state index contributed by atoms with van der Waals surface area (Å²) < 4.78 is 26.7. The fourth-order valence-electron chi connectivity index (χ4n) is 2.00. The first kappa shape index (κ1) is 15.8. The highest BCUT2D eigenvalue weighted by Gasteiger charge is 2.31. The second-order valence-electron chi connectivity index (χ2n) is 4.49. The largest absolute Gasteiger partial charge is 0.478 e. The van der Waals surface area contributed by atoms with Crippen molar-refractivity contribution in [3.63, 3.8) is 0 Å². The average Bonchev–Trinajstić information content (AvgIpc) is 2.91. The summed E-state index contributed by atoms with van der Waals surface area (Å²) in [7, 11) is -2.11. The number of thioether (sulfide) groups is 1. The average molecular weight is 380 g/mol. The molecule has 2 rings (SSSR count). The lowest BCUT2D eigenvalue weighted by Gasteiger charge is -2.23. The van der Waals surface area contributed by atoms with Crippen molar-refractivity contribution in [1.82, 2.24) is 4.31 Å². The molecule has 110 valence electrons. The maximum Gasteiger partial charge on any atom is 0.336 e. The first-order valence-corrected chi connectivity index (χ1v) is 9.31. The van der Waals surface area contributed by atoms with Gasteiger partial charge in [0.25, 0.3) is 0 Å². The van der Waals surface area contributed by atoms with Gasteiger partial charge >= 0.3 is 5.97 Å². The van der Waals surface area contributed by atoms with Crippen LogP contribution in [0.15, 0.2) is 27.6 Å². The summed E-state index contributed by atoms with van der Waals surface area (Å²) in [4.78, 5) is 11.1. The SMILES string of the molecule is CN(C1CCSC1)S(=O)(=O)c1ccc(Br)c(C(=O)O)c1. The van der Waals surface area contributed by atoms with Gasteiger partial charge in [-0.05, 0) is 46.3 Å². The summed E-state index contributed by atoms with van der Waals surface area (Å²) in [6.07, 6.45) is 0.822. The molecule has 1 unspecified atom stereocenters. The van der Waals surface area contributed by atoms with Gasteiger partial charge in [0.1, 0.15) is 0 Å². The number of carboxylic acids is 1. The van der Waals surface area contributed by atoms with Gasteiger partial charge in [-0.15, -0.1) is 0 Å². The lowest BCUT2D eigenvalue weighted by molar-refractivity contribution is 0.0695. The molecule has 0 bridgehead atoms. The topological polar surface area (TPSA) is 74.7 Å². The van der Waals surface area contributed by atoms with E-state index in [4.69, 9.17) is 5.11 Å². The molecule has 1 N–H and O–H groups in total. The molecule has 0 aromatic heterocycles. The number of carbonyl (C=O) groups is 1. The maximum absolute atomic E-state index is 12.5. The van der Waals surface area contributed by atoms with Crippen LogP contribution in [0.2, 0.25) is 0 Å². The summed E-state index contributed by atoms with van der Waals surface area (Å²) >= 11 is 4.83. The Labute approximate surface area is 130 Å². The monoisotopic (exact) mass is 379 g/mol. The number of hydrogen-bond donors (Lipinski definition) is 1. The number of sulfonamides is 1. The van der Waals surface area contributed by atoms with Crippen LogP contribution in [-0.4, -0.2) is 48.4 Å². The Bertz CT molecular complexity index is 626. The quantitative estimate of drug-likeness (QED) is 0.868. The van der Waals surface area contributed by atoms with Crippen molar-refractivity contribution in [1.29, 1.82) is 0 Å². The van der Waals surface area contributed by atoms with Crippen LogP contribution in [-0.2, 0) is 10.0 Å². The third-order valence-corrected chi connectivity index (χ3v) is 7.01. The highest BCUT2D eigenvalue weighted by Crippen LogP contribution is 2.28. The number of aromatic carboxylic acids is 1. The molecule has 0 radical (unpaired) electrons. The van der Waals surface area contributed by atoms with E-state index >= 15 is 0 Å². The fraction of sp³-hybridized carbons (Fsp3) is 0.417. The zero-order valence-electron chi connectivity index (χ0n) is 10.7. The van der Waals surface area contributed by atoms with Crippen LogP contribution >= 0.6 is 27.7 Å². The summed E-state index contributed by atoms with van der Waals surface area (Å²) in [6.45, 7) is 0. The van der Waals surface area contributed by atoms with E-state index < -0.39 is 16.0 Å². The molecule has 1 aliphatic heterocycles. The van der Waals surface area contributed by atoms with Crippen molar-refractivity contribution < 1.29 is 18.3 Å². The second kappa shape index (κ2) is 6.05. The number of halogens is 1. The molecule has 0 spiro atoms. The minimum Gasteiger partial charge on any atom is -0.478 e. The van der Waals surface area contributed by atoms with Gasteiger partial charge in [-0.3, -0.25) is 0 Å². The van der Waals surface area contributed by atoms with Crippen molar-refractivity contribution >= 4 is 43.7 Å². The lowest BCUT2D eigenvalue weighted by Crippen LogP contribution is -2.37. The number of benzene rings is 1. The Morgan fingerprint density at radius 2 is 2.20 bits per heavy atom. The first-order valence-electron chi connectivity index (χ1n) is 5.92. The molecule has 20 heavy (non-hydrogen) atoms. The van der Waals surface area contributed by atoms with Gasteiger partial charge in [-0.2, -0.15) is 16.1 Å². The van der Waals surface area contributed by atoms with Gasteiger partial charge in [0.05, 0.1) is 10.5 Å². The predicted molar refractivity (Wildman–Crippen MR) is 81.8 cm³/mol. The molecule has 0 saturated carbocycles. The van der Waals surface area contributed by atoms with Gasteiger partial charge in [0.2, 0.25) is 10.0 Å². The summed E-state index contributed by atoms with van der Waals surface area (Å²) in [5.41, 5.74) is -0.0553. The molecule has 1 fully saturated rings. The van der Waals surface area contributed by atoms with Crippen LogP contribution in [0.25, 0.3) is 0 Å². The molecule has 5 nitrogen and oxygen atoms in total. The van der Waals surface area contributed by atoms with Crippen molar-refractivity contribution in [3.8, 4) is 0 Å². The highest BCUT2D eigenvalue weighted by molar-refractivity contribution is 9.10. The molecule has 1 aliphatic rings. The van der Waals surface area contributed by atoms with E-state index in [0.717, 1.165) is 17.9 Å². The minimum absolute atomic E-state index is 0.0116. The molecule has 8 heteroatoms. The standard InChI is InChI=1S/C12H14BrNO4S2/c1-14(8-4-5-19-7-8)20(17,18)9-2-3-11(13)10(6-9)12(15)16/h2-3,6,8H,4-5,7H2,1H3,(H,15,16). The molecule has 1 aromatic carbocycles. The predicted octanol–water partition coefficient (Wildman–Crippen LogP) is 2.27. The highest BCUT2D eigenvalue weighted by atomic mass is 79.9. The van der Waals surface area contributed by atoms with E-state index in [9.17, 15) is 13.2 Å². The summed E-state index contributed by atoms with van der Waals surface area (Å²) in [5, 5.41) is 9.06.